The molecule has 4 rings (SSSR count). The molecule has 0 aliphatic carbocycles. The van der Waals surface area contributed by atoms with Gasteiger partial charge in [-0.2, -0.15) is 0 Å². The quantitative estimate of drug-likeness (QED) is 0.585. The Bertz CT molecular complexity index is 968. The van der Waals surface area contributed by atoms with Crippen LogP contribution in [-0.4, -0.2) is 46.0 Å². The summed E-state index contributed by atoms with van der Waals surface area (Å²) in [4.78, 5) is 14.3. The van der Waals surface area contributed by atoms with Crippen molar-refractivity contribution < 1.29 is 9.53 Å². The van der Waals surface area contributed by atoms with Gasteiger partial charge in [0.05, 0.1) is 23.8 Å². The van der Waals surface area contributed by atoms with Crippen molar-refractivity contribution in [2.45, 2.75) is 18.9 Å². The van der Waals surface area contributed by atoms with E-state index >= 15 is 0 Å². The maximum atomic E-state index is 12.5. The summed E-state index contributed by atoms with van der Waals surface area (Å²) in [6, 6.07) is 16.1. The average Bonchev–Trinajstić information content (AvgIpc) is 3.16. The van der Waals surface area contributed by atoms with E-state index in [2.05, 4.69) is 26.2 Å². The van der Waals surface area contributed by atoms with Crippen molar-refractivity contribution >= 4 is 21.8 Å². The molecule has 0 radical (unpaired) electrons. The molecule has 0 unspecified atom stereocenters. The van der Waals surface area contributed by atoms with Crippen LogP contribution in [0.1, 0.15) is 18.0 Å². The summed E-state index contributed by atoms with van der Waals surface area (Å²) in [6.07, 6.45) is 3.17. The van der Waals surface area contributed by atoms with Crippen LogP contribution in [0.5, 0.6) is 5.75 Å². The molecule has 1 saturated heterocycles. The van der Waals surface area contributed by atoms with Crippen molar-refractivity contribution in [1.29, 1.82) is 0 Å². The van der Waals surface area contributed by atoms with Crippen LogP contribution in [-0.2, 0) is 11.2 Å². The molecule has 0 saturated carbocycles. The minimum Gasteiger partial charge on any atom is -0.496 e. The molecule has 1 fully saturated rings. The van der Waals surface area contributed by atoms with E-state index < -0.39 is 0 Å². The van der Waals surface area contributed by atoms with Gasteiger partial charge in [0, 0.05) is 25.1 Å². The first kappa shape index (κ1) is 18.7. The molecule has 0 spiro atoms. The molecule has 0 atom stereocenters. The van der Waals surface area contributed by atoms with Gasteiger partial charge in [-0.3, -0.25) is 4.79 Å². The lowest BCUT2D eigenvalue weighted by Gasteiger charge is -2.39. The topological polar surface area (TPSA) is 60.2 Å². The summed E-state index contributed by atoms with van der Waals surface area (Å²) in [6.45, 7) is 1.37. The predicted octanol–water partition coefficient (Wildman–Crippen LogP) is 3.73. The highest BCUT2D eigenvalue weighted by Crippen LogP contribution is 2.27. The Morgan fingerprint density at radius 1 is 1.21 bits per heavy atom. The van der Waals surface area contributed by atoms with Crippen LogP contribution in [0.3, 0.4) is 0 Å². The van der Waals surface area contributed by atoms with Crippen molar-refractivity contribution in [3.8, 4) is 17.0 Å². The molecule has 6 nitrogen and oxygen atoms in total. The molecule has 2 heterocycles. The largest absolute Gasteiger partial charge is 0.496 e. The van der Waals surface area contributed by atoms with Crippen molar-refractivity contribution in [3.05, 3.63) is 64.8 Å². The number of methoxy groups -OCH3 is 1. The highest BCUT2D eigenvalue weighted by Gasteiger charge is 2.32. The number of rotatable bonds is 6. The summed E-state index contributed by atoms with van der Waals surface area (Å²) in [7, 11) is 1.64. The maximum absolute atomic E-state index is 12.5. The van der Waals surface area contributed by atoms with Crippen LogP contribution >= 0.6 is 15.9 Å². The highest BCUT2D eigenvalue weighted by atomic mass is 79.9. The number of benzene rings is 2. The van der Waals surface area contributed by atoms with Gasteiger partial charge in [0.2, 0.25) is 5.91 Å². The molecule has 1 aromatic heterocycles. The lowest BCUT2D eigenvalue weighted by molar-refractivity contribution is -0.137. The lowest BCUT2D eigenvalue weighted by atomic mass is 10.1. The third-order valence-electron chi connectivity index (χ3n) is 5.01. The number of likely N-dealkylation sites (tertiary alicyclic amines) is 1. The first-order chi connectivity index (χ1) is 13.6. The van der Waals surface area contributed by atoms with Crippen LogP contribution in [0, 0.1) is 0 Å². The molecule has 0 bridgehead atoms. The molecular weight excluding hydrogens is 420 g/mol. The van der Waals surface area contributed by atoms with Crippen molar-refractivity contribution in [2.75, 3.05) is 20.2 Å². The van der Waals surface area contributed by atoms with Crippen LogP contribution in [0.25, 0.3) is 11.3 Å². The number of nitrogens with zero attached hydrogens (tertiary/aromatic N) is 4. The van der Waals surface area contributed by atoms with Crippen molar-refractivity contribution in [2.24, 2.45) is 0 Å². The second-order valence-electron chi connectivity index (χ2n) is 6.87. The molecular formula is C21H21BrN4O2. The van der Waals surface area contributed by atoms with Gasteiger partial charge in [-0.1, -0.05) is 41.6 Å². The van der Waals surface area contributed by atoms with E-state index in [4.69, 9.17) is 4.74 Å². The zero-order valence-corrected chi connectivity index (χ0v) is 17.2. The molecule has 2 aromatic carbocycles. The van der Waals surface area contributed by atoms with E-state index in [-0.39, 0.29) is 11.9 Å². The van der Waals surface area contributed by atoms with Gasteiger partial charge in [0.15, 0.2) is 0 Å². The van der Waals surface area contributed by atoms with E-state index in [1.54, 1.807) is 7.11 Å². The number of carbonyl (C=O) groups excluding carboxylic acids is 1. The minimum absolute atomic E-state index is 0.173. The summed E-state index contributed by atoms with van der Waals surface area (Å²) < 4.78 is 8.01. The van der Waals surface area contributed by atoms with E-state index in [0.717, 1.165) is 27.0 Å². The Labute approximate surface area is 172 Å². The number of carbonyl (C=O) groups is 1. The molecule has 0 N–H and O–H groups in total. The predicted molar refractivity (Wildman–Crippen MR) is 110 cm³/mol. The number of hydrogen-bond donors (Lipinski definition) is 0. The van der Waals surface area contributed by atoms with Gasteiger partial charge in [-0.05, 0) is 40.0 Å². The van der Waals surface area contributed by atoms with Gasteiger partial charge < -0.3 is 9.64 Å². The van der Waals surface area contributed by atoms with E-state index in [1.165, 1.54) is 0 Å². The van der Waals surface area contributed by atoms with Crippen molar-refractivity contribution in [1.82, 2.24) is 19.9 Å². The number of amides is 1. The van der Waals surface area contributed by atoms with E-state index in [1.807, 2.05) is 64.3 Å². The summed E-state index contributed by atoms with van der Waals surface area (Å²) >= 11 is 3.48. The Morgan fingerprint density at radius 2 is 2.00 bits per heavy atom. The van der Waals surface area contributed by atoms with Gasteiger partial charge in [0.1, 0.15) is 11.4 Å². The van der Waals surface area contributed by atoms with Crippen LogP contribution in [0.15, 0.2) is 59.2 Å². The fraction of sp³-hybridized carbons (Fsp3) is 0.286. The molecule has 1 amide bonds. The van der Waals surface area contributed by atoms with E-state index in [0.29, 0.717) is 25.9 Å². The number of ether oxygens (including phenoxy) is 1. The number of halogens is 1. The second-order valence-corrected chi connectivity index (χ2v) is 7.73. The summed E-state index contributed by atoms with van der Waals surface area (Å²) in [5.74, 6) is 0.968. The van der Waals surface area contributed by atoms with Crippen LogP contribution in [0.2, 0.25) is 0 Å². The first-order valence-corrected chi connectivity index (χ1v) is 10.0. The zero-order chi connectivity index (χ0) is 19.5. The molecule has 3 aromatic rings. The maximum Gasteiger partial charge on any atom is 0.223 e. The SMILES string of the molecule is COc1ccc(CCC(=O)N2CC(n3cc(-c4ccccc4)nn3)C2)cc1Br. The lowest BCUT2D eigenvalue weighted by Crippen LogP contribution is -2.50. The van der Waals surface area contributed by atoms with Gasteiger partial charge in [0.25, 0.3) is 0 Å². The van der Waals surface area contributed by atoms with Gasteiger partial charge >= 0.3 is 0 Å². The monoisotopic (exact) mass is 440 g/mol. The zero-order valence-electron chi connectivity index (χ0n) is 15.6. The van der Waals surface area contributed by atoms with Crippen LogP contribution < -0.4 is 4.74 Å². The molecule has 28 heavy (non-hydrogen) atoms. The highest BCUT2D eigenvalue weighted by molar-refractivity contribution is 9.10. The molecule has 1 aliphatic rings. The number of aromatic nitrogens is 3. The molecule has 1 aliphatic heterocycles. The normalized spacial score (nSPS) is 14.0. The third kappa shape index (κ3) is 3.94. The Kier molecular flexibility index (Phi) is 5.43. The fourth-order valence-corrected chi connectivity index (χ4v) is 3.89. The van der Waals surface area contributed by atoms with Gasteiger partial charge in [-0.25, -0.2) is 4.68 Å². The first-order valence-electron chi connectivity index (χ1n) is 9.21. The smallest absolute Gasteiger partial charge is 0.223 e. The Morgan fingerprint density at radius 3 is 2.71 bits per heavy atom. The Hall–Kier alpha value is -2.67. The Balaban J connectivity index is 1.29. The summed E-state index contributed by atoms with van der Waals surface area (Å²) in [5, 5.41) is 8.49. The minimum atomic E-state index is 0.173. The van der Waals surface area contributed by atoms with Crippen LogP contribution in [0.4, 0.5) is 0 Å². The number of hydrogen-bond acceptors (Lipinski definition) is 4. The number of aryl methyl sites for hydroxylation is 1. The molecule has 7 heteroatoms. The molecule has 144 valence electrons. The third-order valence-corrected chi connectivity index (χ3v) is 5.63. The van der Waals surface area contributed by atoms with Gasteiger partial charge in [-0.15, -0.1) is 5.10 Å². The average molecular weight is 441 g/mol. The summed E-state index contributed by atoms with van der Waals surface area (Å²) in [5.41, 5.74) is 3.02. The fourth-order valence-electron chi connectivity index (χ4n) is 3.30. The standard InChI is InChI=1S/C21H21BrN4O2/c1-28-20-9-7-15(11-18(20)22)8-10-21(27)25-12-17(13-25)26-14-19(23-24-26)16-5-3-2-4-6-16/h2-7,9,11,14,17H,8,10,12-13H2,1H3. The van der Waals surface area contributed by atoms with Crippen molar-refractivity contribution in [3.63, 3.8) is 0 Å². The second kappa shape index (κ2) is 8.14. The van der Waals surface area contributed by atoms with E-state index in [9.17, 15) is 4.79 Å².